The predicted octanol–water partition coefficient (Wildman–Crippen LogP) is 3.29. The van der Waals surface area contributed by atoms with Gasteiger partial charge in [-0.2, -0.15) is 12.2 Å². The third kappa shape index (κ3) is 3.34. The first-order valence-electron chi connectivity index (χ1n) is 7.22. The Balaban J connectivity index is 2.52. The van der Waals surface area contributed by atoms with Crippen molar-refractivity contribution < 1.29 is 16.9 Å². The molecule has 0 N–H and O–H groups in total. The molecule has 0 aliphatic carbocycles. The van der Waals surface area contributed by atoms with E-state index in [1.807, 2.05) is 18.2 Å². The molecule has 1 aromatic rings. The van der Waals surface area contributed by atoms with Crippen molar-refractivity contribution >= 4 is 27.7 Å². The minimum absolute atomic E-state index is 0.128. The lowest BCUT2D eigenvalue weighted by Crippen LogP contribution is -2.49. The van der Waals surface area contributed by atoms with Gasteiger partial charge < -0.3 is 9.64 Å². The summed E-state index contributed by atoms with van der Waals surface area (Å²) in [5.41, 5.74) is 1.83. The third-order valence-electron chi connectivity index (χ3n) is 4.26. The maximum atomic E-state index is 11.8. The highest BCUT2D eigenvalue weighted by atomic mass is 35.5. The number of halogens is 1. The fourth-order valence-corrected chi connectivity index (χ4v) is 4.39. The van der Waals surface area contributed by atoms with Gasteiger partial charge in [-0.1, -0.05) is 6.07 Å². The summed E-state index contributed by atoms with van der Waals surface area (Å²) in [4.78, 5) is 2.27. The van der Waals surface area contributed by atoms with Crippen LogP contribution in [0, 0.1) is 0 Å². The van der Waals surface area contributed by atoms with Crippen LogP contribution in [-0.2, 0) is 13.9 Å². The molecule has 1 aliphatic rings. The molecule has 22 heavy (non-hydrogen) atoms. The van der Waals surface area contributed by atoms with Crippen LogP contribution in [0.3, 0.4) is 0 Å². The SMILES string of the molecule is CCN1c2cc(OC)ccc2C(CS(=O)(=O)OCl)CC1(C)C. The van der Waals surface area contributed by atoms with Crippen LogP contribution in [0.5, 0.6) is 5.75 Å². The quantitative estimate of drug-likeness (QED) is 0.818. The van der Waals surface area contributed by atoms with E-state index in [2.05, 4.69) is 29.4 Å². The van der Waals surface area contributed by atoms with E-state index in [4.69, 9.17) is 16.6 Å². The number of methoxy groups -OCH3 is 1. The van der Waals surface area contributed by atoms with Crippen molar-refractivity contribution in [1.29, 1.82) is 0 Å². The normalized spacial score (nSPS) is 20.6. The summed E-state index contributed by atoms with van der Waals surface area (Å²) in [7, 11) is -2.12. The highest BCUT2D eigenvalue weighted by molar-refractivity contribution is 7.87. The van der Waals surface area contributed by atoms with Crippen LogP contribution in [-0.4, -0.2) is 33.4 Å². The second-order valence-electron chi connectivity index (χ2n) is 6.17. The maximum absolute atomic E-state index is 11.8. The topological polar surface area (TPSA) is 55.8 Å². The van der Waals surface area contributed by atoms with E-state index < -0.39 is 10.1 Å². The van der Waals surface area contributed by atoms with Gasteiger partial charge in [-0.15, -0.1) is 0 Å². The third-order valence-corrected chi connectivity index (χ3v) is 5.84. The largest absolute Gasteiger partial charge is 0.497 e. The van der Waals surface area contributed by atoms with Crippen LogP contribution in [0.2, 0.25) is 0 Å². The molecule has 1 aliphatic heterocycles. The maximum Gasteiger partial charge on any atom is 0.283 e. The van der Waals surface area contributed by atoms with Gasteiger partial charge in [-0.25, -0.2) is 0 Å². The lowest BCUT2D eigenvalue weighted by Gasteiger charge is -2.47. The molecule has 7 heteroatoms. The molecule has 124 valence electrons. The first-order chi connectivity index (χ1) is 10.2. The molecule has 1 unspecified atom stereocenters. The summed E-state index contributed by atoms with van der Waals surface area (Å²) in [6.07, 6.45) is 0.708. The van der Waals surface area contributed by atoms with E-state index in [0.717, 1.165) is 23.5 Å². The van der Waals surface area contributed by atoms with Gasteiger partial charge in [-0.05, 0) is 38.8 Å². The Hall–Kier alpha value is -0.980. The average Bonchev–Trinajstić information content (AvgIpc) is 2.45. The van der Waals surface area contributed by atoms with E-state index in [9.17, 15) is 8.42 Å². The number of ether oxygens (including phenoxy) is 1. The average molecular weight is 348 g/mol. The minimum Gasteiger partial charge on any atom is -0.497 e. The van der Waals surface area contributed by atoms with Crippen LogP contribution in [0.4, 0.5) is 5.69 Å². The van der Waals surface area contributed by atoms with Crippen LogP contribution in [0.1, 0.15) is 38.7 Å². The van der Waals surface area contributed by atoms with Crippen molar-refractivity contribution in [3.63, 3.8) is 0 Å². The molecule has 2 rings (SSSR count). The number of hydrogen-bond donors (Lipinski definition) is 0. The summed E-state index contributed by atoms with van der Waals surface area (Å²) in [6.45, 7) is 7.14. The van der Waals surface area contributed by atoms with E-state index in [1.165, 1.54) is 0 Å². The summed E-state index contributed by atoms with van der Waals surface area (Å²) in [5.74, 6) is 0.462. The van der Waals surface area contributed by atoms with Gasteiger partial charge in [0, 0.05) is 29.8 Å². The number of benzene rings is 1. The van der Waals surface area contributed by atoms with Crippen molar-refractivity contribution in [1.82, 2.24) is 0 Å². The zero-order valence-corrected chi connectivity index (χ0v) is 14.9. The highest BCUT2D eigenvalue weighted by Crippen LogP contribution is 2.45. The Morgan fingerprint density at radius 1 is 1.41 bits per heavy atom. The van der Waals surface area contributed by atoms with E-state index in [0.29, 0.717) is 6.42 Å². The van der Waals surface area contributed by atoms with Crippen molar-refractivity contribution in [2.75, 3.05) is 24.3 Å². The molecule has 0 aromatic heterocycles. The number of anilines is 1. The molecule has 0 radical (unpaired) electrons. The van der Waals surface area contributed by atoms with Crippen molar-refractivity contribution in [2.45, 2.75) is 38.6 Å². The Labute approximate surface area is 137 Å². The summed E-state index contributed by atoms with van der Waals surface area (Å²) in [5, 5.41) is 0. The molecular weight excluding hydrogens is 326 g/mol. The van der Waals surface area contributed by atoms with Crippen LogP contribution >= 0.6 is 11.9 Å². The molecule has 1 aromatic carbocycles. The fourth-order valence-electron chi connectivity index (χ4n) is 3.40. The number of rotatable bonds is 5. The monoisotopic (exact) mass is 347 g/mol. The summed E-state index contributed by atoms with van der Waals surface area (Å²) in [6, 6.07) is 5.74. The zero-order chi connectivity index (χ0) is 16.5. The molecule has 1 heterocycles. The molecule has 0 spiro atoms. The van der Waals surface area contributed by atoms with Gasteiger partial charge in [0.25, 0.3) is 10.1 Å². The smallest absolute Gasteiger partial charge is 0.283 e. The fraction of sp³-hybridized carbons (Fsp3) is 0.600. The molecule has 0 amide bonds. The van der Waals surface area contributed by atoms with Gasteiger partial charge >= 0.3 is 0 Å². The first kappa shape index (κ1) is 17.4. The molecule has 0 bridgehead atoms. The van der Waals surface area contributed by atoms with Gasteiger partial charge in [0.2, 0.25) is 0 Å². The predicted molar refractivity (Wildman–Crippen MR) is 88.2 cm³/mol. The first-order valence-corrected chi connectivity index (χ1v) is 9.11. The number of fused-ring (bicyclic) bond motifs is 1. The van der Waals surface area contributed by atoms with Gasteiger partial charge in [0.05, 0.1) is 24.7 Å². The Morgan fingerprint density at radius 2 is 2.09 bits per heavy atom. The number of hydrogen-bond acceptors (Lipinski definition) is 5. The molecule has 0 saturated heterocycles. The van der Waals surface area contributed by atoms with Gasteiger partial charge in [0.1, 0.15) is 5.75 Å². The van der Waals surface area contributed by atoms with Crippen molar-refractivity contribution in [3.8, 4) is 5.75 Å². The molecule has 1 atom stereocenters. The molecule has 0 fully saturated rings. The second kappa shape index (κ2) is 6.26. The summed E-state index contributed by atoms with van der Waals surface area (Å²) < 4.78 is 33.0. The van der Waals surface area contributed by atoms with Gasteiger partial charge in [0.15, 0.2) is 0 Å². The summed E-state index contributed by atoms with van der Waals surface area (Å²) >= 11 is 5.10. The minimum atomic E-state index is -3.74. The molecular formula is C15H22ClNO4S. The molecule has 0 saturated carbocycles. The van der Waals surface area contributed by atoms with E-state index in [-0.39, 0.29) is 17.2 Å². The zero-order valence-electron chi connectivity index (χ0n) is 13.3. The Kier molecular flexibility index (Phi) is 4.94. The number of nitrogens with zero attached hydrogens (tertiary/aromatic N) is 1. The lowest BCUT2D eigenvalue weighted by molar-refractivity contribution is 0.375. The van der Waals surface area contributed by atoms with Crippen molar-refractivity contribution in [2.24, 2.45) is 0 Å². The highest BCUT2D eigenvalue weighted by Gasteiger charge is 2.39. The van der Waals surface area contributed by atoms with Crippen LogP contribution in [0.15, 0.2) is 18.2 Å². The Bertz CT molecular complexity index is 645. The van der Waals surface area contributed by atoms with Crippen molar-refractivity contribution in [3.05, 3.63) is 23.8 Å². The molecule has 5 nitrogen and oxygen atoms in total. The van der Waals surface area contributed by atoms with Crippen LogP contribution in [0.25, 0.3) is 0 Å². The Morgan fingerprint density at radius 3 is 2.64 bits per heavy atom. The van der Waals surface area contributed by atoms with E-state index >= 15 is 0 Å². The second-order valence-corrected chi connectivity index (χ2v) is 8.12. The lowest BCUT2D eigenvalue weighted by atomic mass is 9.80. The van der Waals surface area contributed by atoms with E-state index in [1.54, 1.807) is 7.11 Å². The van der Waals surface area contributed by atoms with Gasteiger partial charge in [-0.3, -0.25) is 0 Å². The van der Waals surface area contributed by atoms with Crippen LogP contribution < -0.4 is 9.64 Å². The standard InChI is InChI=1S/C15H22ClNO4S/c1-5-17-14-8-12(20-4)6-7-13(14)11(9-15(17,2)3)10-22(18,19)21-16/h6-8,11H,5,9-10H2,1-4H3.